The Morgan fingerprint density at radius 2 is 1.79 bits per heavy atom. The molecule has 2 amide bonds. The molecule has 7 nitrogen and oxygen atoms in total. The average Bonchev–Trinajstić information content (AvgIpc) is 3.45. The third-order valence-electron chi connectivity index (χ3n) is 7.03. The summed E-state index contributed by atoms with van der Waals surface area (Å²) >= 11 is 0. The number of carbonyl (C=O) groups is 2. The molecule has 1 fully saturated rings. The summed E-state index contributed by atoms with van der Waals surface area (Å²) < 4.78 is 5.35. The first-order chi connectivity index (χ1) is 16.6. The van der Waals surface area contributed by atoms with Crippen LogP contribution in [0, 0.1) is 5.41 Å². The van der Waals surface area contributed by atoms with E-state index in [1.165, 1.54) is 6.42 Å². The molecule has 2 heterocycles. The molecule has 176 valence electrons. The zero-order valence-corrected chi connectivity index (χ0v) is 19.3. The van der Waals surface area contributed by atoms with Crippen LogP contribution in [-0.4, -0.2) is 39.9 Å². The summed E-state index contributed by atoms with van der Waals surface area (Å²) in [6.45, 7) is 1.72. The smallest absolute Gasteiger partial charge is 0.254 e. The van der Waals surface area contributed by atoms with Gasteiger partial charge >= 0.3 is 0 Å². The number of hydrogen-bond acceptors (Lipinski definition) is 5. The topological polar surface area (TPSA) is 88.3 Å². The van der Waals surface area contributed by atoms with Crippen LogP contribution in [0.2, 0.25) is 0 Å². The monoisotopic (exact) mass is 458 g/mol. The normalized spacial score (nSPS) is 16.9. The van der Waals surface area contributed by atoms with Gasteiger partial charge in [0.25, 0.3) is 5.91 Å². The number of nitrogens with one attached hydrogen (secondary N) is 1. The number of fused-ring (bicyclic) bond motifs is 1. The van der Waals surface area contributed by atoms with Gasteiger partial charge in [0, 0.05) is 43.6 Å². The van der Waals surface area contributed by atoms with Gasteiger partial charge in [-0.25, -0.2) is 0 Å². The summed E-state index contributed by atoms with van der Waals surface area (Å²) in [6.07, 6.45) is 6.28. The van der Waals surface area contributed by atoms with Gasteiger partial charge in [-0.3, -0.25) is 9.59 Å². The molecule has 0 radical (unpaired) electrons. The van der Waals surface area contributed by atoms with Gasteiger partial charge in [-0.1, -0.05) is 73.0 Å². The minimum absolute atomic E-state index is 0.0221. The molecule has 2 aromatic carbocycles. The molecule has 34 heavy (non-hydrogen) atoms. The Bertz CT molecular complexity index is 1150. The Kier molecular flexibility index (Phi) is 6.43. The first-order valence-electron chi connectivity index (χ1n) is 12.1. The van der Waals surface area contributed by atoms with Crippen molar-refractivity contribution in [3.63, 3.8) is 0 Å². The lowest BCUT2D eigenvalue weighted by molar-refractivity contribution is -0.124. The van der Waals surface area contributed by atoms with Crippen molar-refractivity contribution in [1.82, 2.24) is 20.4 Å². The lowest BCUT2D eigenvalue weighted by atomic mass is 9.71. The van der Waals surface area contributed by atoms with Gasteiger partial charge in [0.05, 0.1) is 0 Å². The second kappa shape index (κ2) is 9.79. The summed E-state index contributed by atoms with van der Waals surface area (Å²) in [5.74, 6) is 1.17. The number of amides is 2. The summed E-state index contributed by atoms with van der Waals surface area (Å²) in [6, 6.07) is 17.5. The quantitative estimate of drug-likeness (QED) is 0.541. The molecule has 1 aliphatic carbocycles. The summed E-state index contributed by atoms with van der Waals surface area (Å²) in [5.41, 5.74) is 2.62. The minimum atomic E-state index is -0.162. The molecule has 0 spiro atoms. The molecular weight excluding hydrogens is 428 g/mol. The number of rotatable bonds is 8. The van der Waals surface area contributed by atoms with Crippen LogP contribution >= 0.6 is 0 Å². The van der Waals surface area contributed by atoms with Crippen molar-refractivity contribution in [2.24, 2.45) is 5.41 Å². The molecule has 0 unspecified atom stereocenters. The Morgan fingerprint density at radius 3 is 2.59 bits per heavy atom. The van der Waals surface area contributed by atoms with E-state index < -0.39 is 0 Å². The highest BCUT2D eigenvalue weighted by atomic mass is 16.5. The van der Waals surface area contributed by atoms with Crippen LogP contribution in [0.3, 0.4) is 0 Å². The molecule has 5 rings (SSSR count). The largest absolute Gasteiger partial charge is 0.356 e. The Balaban J connectivity index is 1.17. The summed E-state index contributed by atoms with van der Waals surface area (Å²) in [7, 11) is 0. The molecule has 0 saturated heterocycles. The highest BCUT2D eigenvalue weighted by molar-refractivity contribution is 5.98. The van der Waals surface area contributed by atoms with Crippen molar-refractivity contribution in [3.05, 3.63) is 71.6 Å². The first kappa shape index (κ1) is 22.3. The zero-order valence-electron chi connectivity index (χ0n) is 19.3. The molecule has 1 N–H and O–H groups in total. The van der Waals surface area contributed by atoms with Crippen molar-refractivity contribution in [2.45, 2.75) is 51.5 Å². The van der Waals surface area contributed by atoms with E-state index in [4.69, 9.17) is 4.52 Å². The van der Waals surface area contributed by atoms with Crippen LogP contribution in [0.15, 0.2) is 59.1 Å². The maximum Gasteiger partial charge on any atom is 0.254 e. The first-order valence-corrected chi connectivity index (χ1v) is 12.1. The second-order valence-electron chi connectivity index (χ2n) is 9.53. The fourth-order valence-corrected chi connectivity index (χ4v) is 5.31. The zero-order chi connectivity index (χ0) is 23.4. The molecule has 1 aliphatic heterocycles. The van der Waals surface area contributed by atoms with Crippen LogP contribution in [-0.2, 0) is 17.8 Å². The van der Waals surface area contributed by atoms with Crippen molar-refractivity contribution in [3.8, 4) is 11.4 Å². The van der Waals surface area contributed by atoms with Crippen LogP contribution in [0.25, 0.3) is 11.4 Å². The lowest BCUT2D eigenvalue weighted by Gasteiger charge is -2.39. The van der Waals surface area contributed by atoms with E-state index >= 15 is 0 Å². The molecule has 0 bridgehead atoms. The average molecular weight is 459 g/mol. The number of aromatic nitrogens is 2. The molecule has 2 aliphatic rings. The third kappa shape index (κ3) is 4.88. The van der Waals surface area contributed by atoms with Crippen LogP contribution in [0.4, 0.5) is 0 Å². The molecule has 0 atom stereocenters. The molecular formula is C27H30N4O3. The van der Waals surface area contributed by atoms with Crippen molar-refractivity contribution in [1.29, 1.82) is 0 Å². The van der Waals surface area contributed by atoms with E-state index in [9.17, 15) is 9.59 Å². The number of hydrogen-bond donors (Lipinski definition) is 1. The molecule has 1 aromatic heterocycles. The van der Waals surface area contributed by atoms with Crippen molar-refractivity contribution in [2.75, 3.05) is 13.1 Å². The fourth-order valence-electron chi connectivity index (χ4n) is 5.31. The predicted molar refractivity (Wildman–Crippen MR) is 128 cm³/mol. The van der Waals surface area contributed by atoms with Gasteiger partial charge < -0.3 is 14.7 Å². The van der Waals surface area contributed by atoms with Crippen LogP contribution in [0.1, 0.15) is 60.3 Å². The fraction of sp³-hybridized carbons (Fsp3) is 0.407. The van der Waals surface area contributed by atoms with Gasteiger partial charge in [0.2, 0.25) is 17.6 Å². The van der Waals surface area contributed by atoms with Crippen molar-refractivity contribution >= 4 is 11.8 Å². The van der Waals surface area contributed by atoms with Gasteiger partial charge in [-0.2, -0.15) is 4.98 Å². The number of carbonyl (C=O) groups excluding carboxylic acids is 2. The molecule has 3 aromatic rings. The number of nitrogens with zero attached hydrogens (tertiary/aromatic N) is 3. The van der Waals surface area contributed by atoms with Crippen LogP contribution in [0.5, 0.6) is 0 Å². The predicted octanol–water partition coefficient (Wildman–Crippen LogP) is 4.39. The van der Waals surface area contributed by atoms with E-state index in [-0.39, 0.29) is 17.2 Å². The lowest BCUT2D eigenvalue weighted by Crippen LogP contribution is -2.43. The van der Waals surface area contributed by atoms with E-state index in [1.54, 1.807) is 0 Å². The third-order valence-corrected chi connectivity index (χ3v) is 7.03. The maximum absolute atomic E-state index is 12.9. The standard InChI is InChI=1S/C27H30N4O3/c32-23(28-16-13-24-29-25(30-34-24)20-9-3-1-4-10-20)17-27(14-7-2-8-15-27)19-31-18-21-11-5-6-12-22(21)26(31)33/h1,3-6,9-12H,2,7-8,13-19H2,(H,28,32). The van der Waals surface area contributed by atoms with Gasteiger partial charge in [-0.15, -0.1) is 0 Å². The summed E-state index contributed by atoms with van der Waals surface area (Å²) in [5, 5.41) is 7.07. The minimum Gasteiger partial charge on any atom is -0.356 e. The second-order valence-corrected chi connectivity index (χ2v) is 9.53. The highest BCUT2D eigenvalue weighted by Gasteiger charge is 2.39. The Labute approximate surface area is 199 Å². The number of benzene rings is 2. The van der Waals surface area contributed by atoms with Crippen molar-refractivity contribution < 1.29 is 14.1 Å². The van der Waals surface area contributed by atoms with Crippen LogP contribution < -0.4 is 5.32 Å². The Morgan fingerprint density at radius 1 is 1.03 bits per heavy atom. The van der Waals surface area contributed by atoms with E-state index in [2.05, 4.69) is 15.5 Å². The Hall–Kier alpha value is -3.48. The van der Waals surface area contributed by atoms with Gasteiger partial charge in [0.1, 0.15) is 0 Å². The highest BCUT2D eigenvalue weighted by Crippen LogP contribution is 2.41. The SMILES string of the molecule is O=C(CC1(CN2Cc3ccccc3C2=O)CCCCC1)NCCc1nc(-c2ccccc2)no1. The van der Waals surface area contributed by atoms with E-state index in [0.29, 0.717) is 44.2 Å². The molecule has 7 heteroatoms. The summed E-state index contributed by atoms with van der Waals surface area (Å²) in [4.78, 5) is 32.2. The molecule has 1 saturated carbocycles. The maximum atomic E-state index is 12.9. The van der Waals surface area contributed by atoms with E-state index in [1.807, 2.05) is 59.5 Å². The van der Waals surface area contributed by atoms with E-state index in [0.717, 1.165) is 42.4 Å². The van der Waals surface area contributed by atoms with Gasteiger partial charge in [0.15, 0.2) is 0 Å². The van der Waals surface area contributed by atoms with Gasteiger partial charge in [-0.05, 0) is 29.9 Å².